The van der Waals surface area contributed by atoms with Gasteiger partial charge in [-0.15, -0.1) is 0 Å². The molecule has 0 saturated heterocycles. The summed E-state index contributed by atoms with van der Waals surface area (Å²) < 4.78 is 19.6. The lowest BCUT2D eigenvalue weighted by atomic mass is 10.2. The molecule has 0 aliphatic heterocycles. The highest BCUT2D eigenvalue weighted by Crippen LogP contribution is 2.26. The molecule has 0 aliphatic carbocycles. The van der Waals surface area contributed by atoms with Gasteiger partial charge in [-0.25, -0.2) is 4.98 Å². The van der Waals surface area contributed by atoms with E-state index in [0.717, 1.165) is 23.5 Å². The number of aromatic nitrogens is 2. The quantitative estimate of drug-likeness (QED) is 0.594. The highest BCUT2D eigenvalue weighted by atomic mass is 19.1. The Morgan fingerprint density at radius 3 is 2.78 bits per heavy atom. The van der Waals surface area contributed by atoms with Gasteiger partial charge in [0.1, 0.15) is 5.75 Å². The summed E-state index contributed by atoms with van der Waals surface area (Å²) in [5.41, 5.74) is 2.34. The molecule has 27 heavy (non-hydrogen) atoms. The molecule has 2 aromatic carbocycles. The number of carbonyl (C=O) groups excluding carboxylic acids is 1. The smallest absolute Gasteiger partial charge is 0.260 e. The number of carbonyl (C=O) groups is 1. The Bertz CT molecular complexity index is 1000. The van der Waals surface area contributed by atoms with Crippen LogP contribution in [0.1, 0.15) is 8.42 Å². The van der Waals surface area contributed by atoms with Crippen molar-refractivity contribution in [1.82, 2.24) is 9.97 Å². The molecule has 2 N–H and O–H groups in total. The van der Waals surface area contributed by atoms with E-state index in [1.165, 1.54) is 0 Å². The van der Waals surface area contributed by atoms with Crippen LogP contribution >= 0.6 is 0 Å². The van der Waals surface area contributed by atoms with Gasteiger partial charge in [0.2, 0.25) is 17.7 Å². The fourth-order valence-corrected chi connectivity index (χ4v) is 2.28. The number of rotatable bonds is 6. The van der Waals surface area contributed by atoms with Crippen LogP contribution in [0.4, 0.5) is 21.7 Å². The number of hydrogen-bond acceptors (Lipinski definition) is 5. The molecule has 0 bridgehead atoms. The molecule has 0 spiro atoms. The van der Waals surface area contributed by atoms with Crippen molar-refractivity contribution in [1.29, 1.82) is 0 Å². The number of amides is 1. The molecule has 3 aromatic rings. The molecule has 0 radical (unpaired) electrons. The van der Waals surface area contributed by atoms with Crippen molar-refractivity contribution in [3.63, 3.8) is 0 Å². The lowest BCUT2D eigenvalue weighted by Crippen LogP contribution is -2.07. The number of benzene rings is 2. The van der Waals surface area contributed by atoms with Gasteiger partial charge < -0.3 is 15.4 Å². The number of anilines is 3. The molecule has 0 aliphatic rings. The van der Waals surface area contributed by atoms with Crippen LogP contribution in [0.2, 0.25) is 0 Å². The van der Waals surface area contributed by atoms with Crippen molar-refractivity contribution >= 4 is 23.2 Å². The minimum atomic E-state index is -0.703. The first-order chi connectivity index (χ1) is 13.0. The highest BCUT2D eigenvalue weighted by Gasteiger charge is 2.11. The first kappa shape index (κ1) is 18.1. The van der Waals surface area contributed by atoms with Crippen molar-refractivity contribution < 1.29 is 16.8 Å². The maximum atomic E-state index is 14.1. The van der Waals surface area contributed by atoms with Gasteiger partial charge >= 0.3 is 0 Å². The van der Waals surface area contributed by atoms with Gasteiger partial charge in [0.15, 0.2) is 0 Å². The normalized spacial score (nSPS) is 10.1. The summed E-state index contributed by atoms with van der Waals surface area (Å²) in [5, 5.41) is 5.61. The number of nitrogens with zero attached hydrogens (tertiary/aromatic N) is 2. The summed E-state index contributed by atoms with van der Waals surface area (Å²) in [6.07, 6.45) is 2.19. The molecular formula is C20H21FN4O2. The minimum Gasteiger partial charge on any atom is -0.436 e. The van der Waals surface area contributed by atoms with Crippen molar-refractivity contribution in [3.05, 3.63) is 78.8 Å². The molecule has 0 saturated carbocycles. The third-order valence-corrected chi connectivity index (χ3v) is 3.49. The van der Waals surface area contributed by atoms with E-state index in [2.05, 4.69) is 27.2 Å². The third-order valence-electron chi connectivity index (χ3n) is 3.49. The van der Waals surface area contributed by atoms with Crippen molar-refractivity contribution in [2.45, 2.75) is 6.92 Å². The van der Waals surface area contributed by atoms with E-state index in [9.17, 15) is 9.18 Å². The maximum absolute atomic E-state index is 14.1. The summed E-state index contributed by atoms with van der Waals surface area (Å²) in [5.74, 6) is -0.772. The molecule has 0 unspecified atom stereocenters. The Morgan fingerprint density at radius 2 is 2.00 bits per heavy atom. The third kappa shape index (κ3) is 4.88. The summed E-state index contributed by atoms with van der Waals surface area (Å²) in [7, 11) is 0. The van der Waals surface area contributed by atoms with E-state index in [1.54, 1.807) is 24.3 Å². The second-order valence-electron chi connectivity index (χ2n) is 5.66. The second kappa shape index (κ2) is 8.09. The molecule has 1 heterocycles. The number of hydrogen-bond donors (Lipinski definition) is 2. The fraction of sp³-hybridized carbons (Fsp3) is 0.0500. The average Bonchev–Trinajstić information content (AvgIpc) is 2.65. The van der Waals surface area contributed by atoms with Gasteiger partial charge in [-0.1, -0.05) is 24.8 Å². The van der Waals surface area contributed by atoms with Gasteiger partial charge in [0.25, 0.3) is 5.88 Å². The fourth-order valence-electron chi connectivity index (χ4n) is 2.28. The van der Waals surface area contributed by atoms with Crippen molar-refractivity contribution in [2.24, 2.45) is 0 Å². The molecule has 0 atom stereocenters. The van der Waals surface area contributed by atoms with Crippen LogP contribution in [-0.4, -0.2) is 15.9 Å². The number of aryl methyl sites for hydroxylation is 1. The van der Waals surface area contributed by atoms with Gasteiger partial charge in [0, 0.05) is 20.3 Å². The zero-order valence-corrected chi connectivity index (χ0v) is 14.6. The van der Waals surface area contributed by atoms with E-state index >= 15 is 0 Å². The number of nitrogens with one attached hydrogen (secondary N) is 2. The van der Waals surface area contributed by atoms with Gasteiger partial charge in [0.05, 0.1) is 6.20 Å². The van der Waals surface area contributed by atoms with E-state index in [-0.39, 0.29) is 20.6 Å². The largest absolute Gasteiger partial charge is 0.436 e. The zero-order chi connectivity index (χ0) is 19.2. The molecular weight excluding hydrogens is 347 g/mol. The predicted molar refractivity (Wildman–Crippen MR) is 106 cm³/mol. The first-order valence-electron chi connectivity index (χ1n) is 8.11. The van der Waals surface area contributed by atoms with Crippen LogP contribution in [0.3, 0.4) is 0 Å². The molecule has 1 amide bonds. The van der Waals surface area contributed by atoms with Gasteiger partial charge in [-0.2, -0.15) is 9.37 Å². The molecule has 6 nitrogen and oxygen atoms in total. The van der Waals surface area contributed by atoms with Crippen LogP contribution in [0, 0.1) is 12.7 Å². The Kier molecular flexibility index (Phi) is 5.41. The second-order valence-corrected chi connectivity index (χ2v) is 5.66. The van der Waals surface area contributed by atoms with E-state index in [0.29, 0.717) is 11.4 Å². The lowest BCUT2D eigenvalue weighted by Gasteiger charge is -2.10. The number of halogens is 1. The lowest BCUT2D eigenvalue weighted by molar-refractivity contribution is -0.111. The van der Waals surface area contributed by atoms with Crippen LogP contribution < -0.4 is 15.4 Å². The van der Waals surface area contributed by atoms with E-state index in [1.807, 2.05) is 31.2 Å². The Labute approximate surface area is 158 Å². The van der Waals surface area contributed by atoms with Crippen LogP contribution in [-0.2, 0) is 4.79 Å². The topological polar surface area (TPSA) is 76.1 Å². The van der Waals surface area contributed by atoms with Crippen LogP contribution in [0.15, 0.2) is 67.4 Å². The summed E-state index contributed by atoms with van der Waals surface area (Å²) in [6.45, 7) is 5.35. The Morgan fingerprint density at radius 1 is 1.22 bits per heavy atom. The minimum absolute atomic E-state index is 0. The molecule has 140 valence electrons. The summed E-state index contributed by atoms with van der Waals surface area (Å²) >= 11 is 0. The highest BCUT2D eigenvalue weighted by molar-refractivity contribution is 5.98. The molecule has 1 aromatic heterocycles. The Hall–Kier alpha value is -3.74. The van der Waals surface area contributed by atoms with Crippen LogP contribution in [0.25, 0.3) is 0 Å². The first-order valence-corrected chi connectivity index (χ1v) is 8.11. The predicted octanol–water partition coefficient (Wildman–Crippen LogP) is 5.08. The SMILES string of the molecule is C=CC(=O)Nc1cccc(Oc2nc(Nc3cccc(C)c3)ncc2F)c1.[HH].[HH]. The van der Waals surface area contributed by atoms with Gasteiger partial charge in [-0.3, -0.25) is 4.79 Å². The summed E-state index contributed by atoms with van der Waals surface area (Å²) in [4.78, 5) is 19.4. The zero-order valence-electron chi connectivity index (χ0n) is 14.6. The Balaban J connectivity index is 0.00000210. The number of ether oxygens (including phenoxy) is 1. The average molecular weight is 368 g/mol. The monoisotopic (exact) mass is 368 g/mol. The molecule has 7 heteroatoms. The molecule has 3 rings (SSSR count). The van der Waals surface area contributed by atoms with Gasteiger partial charge in [-0.05, 0) is 42.8 Å². The van der Waals surface area contributed by atoms with E-state index in [4.69, 9.17) is 4.74 Å². The molecule has 0 fully saturated rings. The van der Waals surface area contributed by atoms with Crippen LogP contribution in [0.5, 0.6) is 11.6 Å². The standard InChI is InChI=1S/C20H17FN4O2.2H2/c1-3-18(26)23-15-8-5-9-16(11-15)27-19-17(21)12-22-20(25-19)24-14-7-4-6-13(2)10-14;;/h3-12H,1H2,2H3,(H,23,26)(H,22,24,25);2*1H. The van der Waals surface area contributed by atoms with Crippen molar-refractivity contribution in [3.8, 4) is 11.6 Å². The maximum Gasteiger partial charge on any atom is 0.260 e. The van der Waals surface area contributed by atoms with E-state index < -0.39 is 5.82 Å². The summed E-state index contributed by atoms with van der Waals surface area (Å²) in [6, 6.07) is 14.1. The van der Waals surface area contributed by atoms with Crippen molar-refractivity contribution in [2.75, 3.05) is 10.6 Å².